The number of carbonyl (C=O) groups is 8. The minimum Gasteiger partial charge on any atom is -0.508 e. The number of halogens is 2. The number of amides is 7. The molecule has 0 aliphatic carbocycles. The third kappa shape index (κ3) is 15.1. The van der Waals surface area contributed by atoms with Gasteiger partial charge in [0.05, 0.1) is 30.4 Å². The van der Waals surface area contributed by atoms with E-state index in [4.69, 9.17) is 56.4 Å². The monoisotopic (exact) mass is 1460 g/mol. The maximum Gasteiger partial charge on any atom is 0.408 e. The first kappa shape index (κ1) is 70.4. The number of benzene rings is 8. The predicted octanol–water partition coefficient (Wildman–Crippen LogP) is 7.05. The molecule has 8 atom stereocenters. The first-order valence-corrected chi connectivity index (χ1v) is 33.1. The van der Waals surface area contributed by atoms with Gasteiger partial charge in [0, 0.05) is 54.9 Å². The molecule has 8 aromatic carbocycles. The summed E-state index contributed by atoms with van der Waals surface area (Å²) >= 11 is 14.3. The number of methoxy groups -OCH3 is 1. The van der Waals surface area contributed by atoms with E-state index in [2.05, 4.69) is 42.1 Å². The van der Waals surface area contributed by atoms with E-state index in [1.165, 1.54) is 72.8 Å². The van der Waals surface area contributed by atoms with Crippen molar-refractivity contribution in [3.63, 3.8) is 0 Å². The molecule has 17 bridgehead atoms. The van der Waals surface area contributed by atoms with Crippen molar-refractivity contribution >= 4 is 70.7 Å². The summed E-state index contributed by atoms with van der Waals surface area (Å²) < 4.78 is 42.4. The Bertz CT molecular complexity index is 4770. The molecule has 0 unspecified atom stereocenters. The normalized spacial score (nSPS) is 21.0. The average Bonchev–Trinajstić information content (AvgIpc) is 0.754. The molecule has 7 heterocycles. The maximum atomic E-state index is 16.2. The SMILES string of the molecule is COC(=O)[C@@H]1NC(=O)[C@H]2NC(=O)[C@H](NC(=O)[C@@H]3NC(=O)[C@H]4NC(=O)[C@@H](Cc5ccc(c(Cl)c5)Oc5cc3cc(c5OCCN3CCOCC3)Oc3ccc(cc3Cl)[C@H]2O)NC(=O)[C@H](NC(=O)OCc2ccccc2)c2ccc(O)c(c2)Oc2cc(O)cc4c2)c2ccc(O)c(c2)-c2c(O)cc(O)cc21. The van der Waals surface area contributed by atoms with Crippen molar-refractivity contribution in [1.29, 1.82) is 0 Å². The van der Waals surface area contributed by atoms with Crippen LogP contribution in [0.5, 0.6) is 69.0 Å². The van der Waals surface area contributed by atoms with Gasteiger partial charge in [-0.2, -0.15) is 0 Å². The third-order valence-electron chi connectivity index (χ3n) is 17.8. The molecular formula is C73H64Cl2N8O21. The number of nitrogens with zero attached hydrogens (tertiary/aromatic N) is 1. The van der Waals surface area contributed by atoms with Gasteiger partial charge in [0.15, 0.2) is 29.0 Å². The lowest BCUT2D eigenvalue weighted by molar-refractivity contribution is -0.146. The lowest BCUT2D eigenvalue weighted by atomic mass is 9.89. The number of phenols is 5. The number of phenolic OH excluding ortho intramolecular Hbond substituents is 5. The summed E-state index contributed by atoms with van der Waals surface area (Å²) in [5.41, 5.74) is -1.13. The number of hydrogen-bond donors (Lipinski definition) is 13. The number of rotatable bonds is 8. The van der Waals surface area contributed by atoms with Gasteiger partial charge in [-0.15, -0.1) is 0 Å². The van der Waals surface area contributed by atoms with Crippen LogP contribution in [-0.2, 0) is 60.8 Å². The van der Waals surface area contributed by atoms with E-state index in [-0.39, 0.29) is 108 Å². The number of alkyl carbamates (subject to hydrolysis) is 1. The first-order valence-electron chi connectivity index (χ1n) is 32.4. The van der Waals surface area contributed by atoms with Crippen molar-refractivity contribution in [2.24, 2.45) is 0 Å². The van der Waals surface area contributed by atoms with Crippen LogP contribution in [0.15, 0.2) is 146 Å². The Morgan fingerprint density at radius 3 is 1.89 bits per heavy atom. The highest BCUT2D eigenvalue weighted by atomic mass is 35.5. The van der Waals surface area contributed by atoms with Crippen LogP contribution in [0.4, 0.5) is 4.79 Å². The van der Waals surface area contributed by atoms with Crippen molar-refractivity contribution < 1.29 is 102 Å². The lowest BCUT2D eigenvalue weighted by Crippen LogP contribution is -2.55. The highest BCUT2D eigenvalue weighted by molar-refractivity contribution is 6.32. The van der Waals surface area contributed by atoms with Crippen molar-refractivity contribution in [3.05, 3.63) is 200 Å². The van der Waals surface area contributed by atoms with Crippen LogP contribution in [0, 0.1) is 0 Å². The van der Waals surface area contributed by atoms with Crippen molar-refractivity contribution in [1.82, 2.24) is 42.1 Å². The van der Waals surface area contributed by atoms with Crippen LogP contribution >= 0.6 is 23.2 Å². The fourth-order valence-electron chi connectivity index (χ4n) is 12.6. The Hall–Kier alpha value is -12.0. The van der Waals surface area contributed by atoms with E-state index in [1.807, 2.05) is 0 Å². The number of morpholine rings is 1. The van der Waals surface area contributed by atoms with Gasteiger partial charge in [-0.25, -0.2) is 9.59 Å². The van der Waals surface area contributed by atoms with E-state index in [0.29, 0.717) is 38.4 Å². The summed E-state index contributed by atoms with van der Waals surface area (Å²) in [6, 6.07) is 17.7. The van der Waals surface area contributed by atoms with Crippen LogP contribution in [0.3, 0.4) is 0 Å². The summed E-state index contributed by atoms with van der Waals surface area (Å²) in [7, 11) is 0.975. The molecule has 7 aliphatic rings. The zero-order chi connectivity index (χ0) is 73.2. The quantitative estimate of drug-likeness (QED) is 0.0678. The minimum absolute atomic E-state index is 0.00300. The van der Waals surface area contributed by atoms with E-state index < -0.39 is 137 Å². The van der Waals surface area contributed by atoms with Crippen LogP contribution in [0.1, 0.15) is 80.8 Å². The van der Waals surface area contributed by atoms with Gasteiger partial charge in [0.1, 0.15) is 95.8 Å². The molecule has 13 N–H and O–H groups in total. The maximum absolute atomic E-state index is 16.2. The van der Waals surface area contributed by atoms with Crippen LogP contribution in [-0.4, -0.2) is 142 Å². The Balaban J connectivity index is 1.01. The predicted molar refractivity (Wildman–Crippen MR) is 366 cm³/mol. The zero-order valence-electron chi connectivity index (χ0n) is 54.6. The molecule has 7 aliphatic heterocycles. The largest absolute Gasteiger partial charge is 0.508 e. The molecule has 29 nitrogen and oxygen atoms in total. The average molecular weight is 1460 g/mol. The summed E-state index contributed by atoms with van der Waals surface area (Å²) in [5, 5.41) is 87.5. The topological polar surface area (TPSA) is 410 Å². The first-order chi connectivity index (χ1) is 50.0. The third-order valence-corrected chi connectivity index (χ3v) is 18.4. The molecule has 0 saturated carbocycles. The summed E-state index contributed by atoms with van der Waals surface area (Å²) in [4.78, 5) is 123. The molecular weight excluding hydrogens is 1400 g/mol. The molecule has 0 spiro atoms. The van der Waals surface area contributed by atoms with E-state index in [1.54, 1.807) is 30.3 Å². The van der Waals surface area contributed by atoms with Crippen LogP contribution in [0.25, 0.3) is 11.1 Å². The number of esters is 1. The van der Waals surface area contributed by atoms with E-state index in [0.717, 1.165) is 49.6 Å². The molecule has 7 amide bonds. The molecule has 8 aromatic rings. The number of aliphatic hydroxyl groups is 1. The van der Waals surface area contributed by atoms with Crippen molar-refractivity contribution in [2.75, 3.05) is 46.6 Å². The Kier molecular flexibility index (Phi) is 20.2. The van der Waals surface area contributed by atoms with Gasteiger partial charge in [-0.1, -0.05) is 77.8 Å². The highest BCUT2D eigenvalue weighted by Gasteiger charge is 2.42. The van der Waals surface area contributed by atoms with Crippen molar-refractivity contribution in [2.45, 2.75) is 61.4 Å². The van der Waals surface area contributed by atoms with Crippen LogP contribution < -0.4 is 56.2 Å². The van der Waals surface area contributed by atoms with Crippen molar-refractivity contribution in [3.8, 4) is 80.1 Å². The number of aliphatic hydroxyl groups excluding tert-OH is 1. The lowest BCUT2D eigenvalue weighted by Gasteiger charge is -2.31. The molecule has 104 heavy (non-hydrogen) atoms. The second-order valence-corrected chi connectivity index (χ2v) is 25.5. The molecule has 0 aromatic heterocycles. The number of aromatic hydroxyl groups is 5. The van der Waals surface area contributed by atoms with Gasteiger partial charge in [-0.3, -0.25) is 33.7 Å². The number of carbonyl (C=O) groups excluding carboxylic acids is 8. The summed E-state index contributed by atoms with van der Waals surface area (Å²) in [6.07, 6.45) is -3.61. The molecule has 1 saturated heterocycles. The molecule has 0 radical (unpaired) electrons. The van der Waals surface area contributed by atoms with Gasteiger partial charge in [-0.05, 0) is 118 Å². The Labute approximate surface area is 600 Å². The van der Waals surface area contributed by atoms with Gasteiger partial charge in [0.2, 0.25) is 41.2 Å². The smallest absolute Gasteiger partial charge is 0.408 e. The van der Waals surface area contributed by atoms with Gasteiger partial charge < -0.3 is 101 Å². The second kappa shape index (κ2) is 29.9. The fraction of sp³-hybridized carbons (Fsp3) is 0.233. The van der Waals surface area contributed by atoms with Crippen LogP contribution in [0.2, 0.25) is 10.0 Å². The minimum atomic E-state index is -2.17. The van der Waals surface area contributed by atoms with E-state index in [9.17, 15) is 40.2 Å². The number of hydrogen-bond acceptors (Lipinski definition) is 22. The number of nitrogens with one attached hydrogen (secondary N) is 7. The number of fused-ring (bicyclic) bond motifs is 14. The Morgan fingerprint density at radius 1 is 0.567 bits per heavy atom. The fourth-order valence-corrected chi connectivity index (χ4v) is 13.0. The molecule has 15 rings (SSSR count). The standard InChI is InChI=1S/C73H64Cl2N8O21/c1-98-72(96)62-45-31-42(85)32-51(88)57(45)44-25-36(8-11-49(44)86)58-68(92)81-63(71(95)80-62)64(89)38-10-14-53(47(75)26-38)104-56-29-40-28-55(65(56)100-20-17-83-15-18-99-19-16-83)103-52-13-7-35(21-46(52)74)22-48-66(90)77-60(69(93)79-61(40)70(94)78-58)39-23-41(84)30-43(24-39)102-54-27-37(9-12-50(54)87)59(67(91)76-48)82-73(97)101-33-34-5-3-2-4-6-34/h2-14,21,23-32,48,58-64,84-89H,15-20,22,33H2,1H3,(H,76,91)(H,77,90)(H,78,94)(H,79,93)(H,80,95)(H,81,92)(H,82,97)/t48-,58-,59-,60+,61-,62-,63+,64-/m1/s1. The number of ether oxygens (including phenoxy) is 7. The summed E-state index contributed by atoms with van der Waals surface area (Å²) in [5.74, 6) is -13.1. The highest BCUT2D eigenvalue weighted by Crippen LogP contribution is 2.49. The van der Waals surface area contributed by atoms with Gasteiger partial charge >= 0.3 is 12.1 Å². The summed E-state index contributed by atoms with van der Waals surface area (Å²) in [6.45, 7) is 1.98. The van der Waals surface area contributed by atoms with E-state index >= 15 is 28.8 Å². The van der Waals surface area contributed by atoms with Gasteiger partial charge in [0.25, 0.3) is 0 Å². The second-order valence-electron chi connectivity index (χ2n) is 24.7. The zero-order valence-corrected chi connectivity index (χ0v) is 56.2. The molecule has 1 fully saturated rings. The molecule has 536 valence electrons. The Morgan fingerprint density at radius 2 is 1.19 bits per heavy atom. The molecule has 31 heteroatoms.